The Balaban J connectivity index is 2.21. The molecule has 0 aromatic rings. The van der Waals surface area contributed by atoms with E-state index in [4.69, 9.17) is 0 Å². The maximum atomic E-state index is 9.50. The van der Waals surface area contributed by atoms with Crippen LogP contribution in [0.2, 0.25) is 0 Å². The molecule has 1 saturated heterocycles. The lowest BCUT2D eigenvalue weighted by Gasteiger charge is -1.55. The molecular formula is C3H5NO. The zero-order valence-electron chi connectivity index (χ0n) is 2.77. The number of rotatable bonds is 1. The third-order valence-electron chi connectivity index (χ3n) is 0.604. The molecule has 1 fully saturated rings. The van der Waals surface area contributed by atoms with Gasteiger partial charge in [0.2, 0.25) is 0 Å². The van der Waals surface area contributed by atoms with Crippen LogP contribution in [0, 0.1) is 0 Å². The highest BCUT2D eigenvalue weighted by Crippen LogP contribution is 1.86. The van der Waals surface area contributed by atoms with Crippen LogP contribution in [-0.2, 0) is 4.79 Å². The van der Waals surface area contributed by atoms with E-state index in [0.717, 1.165) is 12.8 Å². The van der Waals surface area contributed by atoms with E-state index < -0.39 is 0 Å². The topological polar surface area (TPSA) is 39.0 Å². The summed E-state index contributed by atoms with van der Waals surface area (Å²) in [6, 6.07) is 0.204. The van der Waals surface area contributed by atoms with E-state index in [1.54, 1.807) is 0 Å². The molecule has 0 radical (unpaired) electrons. The lowest BCUT2D eigenvalue weighted by molar-refractivity contribution is -0.107. The molecular weight excluding hydrogens is 66.0 g/mol. The molecule has 0 aliphatic carbocycles. The van der Waals surface area contributed by atoms with Gasteiger partial charge in [-0.15, -0.1) is 0 Å². The van der Waals surface area contributed by atoms with Crippen molar-refractivity contribution in [1.29, 1.82) is 0 Å². The predicted molar refractivity (Wildman–Crippen MR) is 17.9 cm³/mol. The second-order valence-electron chi connectivity index (χ2n) is 1.15. The normalized spacial score (nSPS) is 33.2. The van der Waals surface area contributed by atoms with Gasteiger partial charge in [-0.05, 0) is 0 Å². The molecule has 0 spiro atoms. The standard InChI is InChI=1S/C3H5NO/c5-2-3-1-4-3/h2-4H,1H2. The van der Waals surface area contributed by atoms with E-state index in [-0.39, 0.29) is 6.04 Å². The van der Waals surface area contributed by atoms with Crippen molar-refractivity contribution in [3.63, 3.8) is 0 Å². The fraction of sp³-hybridized carbons (Fsp3) is 0.667. The first-order valence-electron chi connectivity index (χ1n) is 1.62. The van der Waals surface area contributed by atoms with E-state index in [1.165, 1.54) is 0 Å². The molecule has 1 heterocycles. The lowest BCUT2D eigenvalue weighted by atomic mass is 10.6. The van der Waals surface area contributed by atoms with Gasteiger partial charge in [0, 0.05) is 6.54 Å². The van der Waals surface area contributed by atoms with Crippen molar-refractivity contribution >= 4 is 6.29 Å². The average molecular weight is 71.1 g/mol. The Morgan fingerprint density at radius 1 is 2.00 bits per heavy atom. The number of hydrogen-bond acceptors (Lipinski definition) is 2. The molecule has 0 aromatic carbocycles. The molecule has 1 N–H and O–H groups in total. The summed E-state index contributed by atoms with van der Waals surface area (Å²) in [7, 11) is 0. The molecule has 5 heavy (non-hydrogen) atoms. The Kier molecular flexibility index (Phi) is 0.451. The Morgan fingerprint density at radius 3 is 2.60 bits per heavy atom. The quantitative estimate of drug-likeness (QED) is 0.323. The second-order valence-corrected chi connectivity index (χ2v) is 1.15. The van der Waals surface area contributed by atoms with Gasteiger partial charge in [-0.25, -0.2) is 0 Å². The zero-order valence-corrected chi connectivity index (χ0v) is 2.77. The Labute approximate surface area is 30.2 Å². The zero-order chi connectivity index (χ0) is 3.70. The van der Waals surface area contributed by atoms with Gasteiger partial charge in [-0.3, -0.25) is 0 Å². The molecule has 0 saturated carbocycles. The second kappa shape index (κ2) is 0.792. The van der Waals surface area contributed by atoms with Gasteiger partial charge < -0.3 is 10.1 Å². The van der Waals surface area contributed by atoms with E-state index >= 15 is 0 Å². The monoisotopic (exact) mass is 71.0 g/mol. The van der Waals surface area contributed by atoms with Gasteiger partial charge in [-0.1, -0.05) is 0 Å². The average Bonchev–Trinajstić information content (AvgIpc) is 2.12. The highest BCUT2D eigenvalue weighted by Gasteiger charge is 2.16. The van der Waals surface area contributed by atoms with Gasteiger partial charge in [0.1, 0.15) is 6.29 Å². The molecule has 1 aliphatic heterocycles. The van der Waals surface area contributed by atoms with Crippen LogP contribution in [-0.4, -0.2) is 18.9 Å². The van der Waals surface area contributed by atoms with Gasteiger partial charge >= 0.3 is 0 Å². The van der Waals surface area contributed by atoms with Crippen LogP contribution in [0.25, 0.3) is 0 Å². The molecule has 2 nitrogen and oxygen atoms in total. The van der Waals surface area contributed by atoms with E-state index in [0.29, 0.717) is 0 Å². The van der Waals surface area contributed by atoms with Gasteiger partial charge in [0.15, 0.2) is 0 Å². The fourth-order valence-electron chi connectivity index (χ4n) is 0.164. The SMILES string of the molecule is O=CC1CN1. The first-order valence-corrected chi connectivity index (χ1v) is 1.62. The molecule has 28 valence electrons. The summed E-state index contributed by atoms with van der Waals surface area (Å²) in [6.07, 6.45) is 0.917. The van der Waals surface area contributed by atoms with Crippen LogP contribution in [0.5, 0.6) is 0 Å². The summed E-state index contributed by atoms with van der Waals surface area (Å²) in [4.78, 5) is 9.50. The van der Waals surface area contributed by atoms with Crippen LogP contribution in [0.4, 0.5) is 0 Å². The van der Waals surface area contributed by atoms with Crippen molar-refractivity contribution in [2.24, 2.45) is 0 Å². The summed E-state index contributed by atoms with van der Waals surface area (Å²) in [5.74, 6) is 0. The third-order valence-corrected chi connectivity index (χ3v) is 0.604. The molecule has 2 heteroatoms. The van der Waals surface area contributed by atoms with Gasteiger partial charge in [-0.2, -0.15) is 0 Å². The third kappa shape index (κ3) is 0.450. The number of aldehydes is 1. The van der Waals surface area contributed by atoms with Gasteiger partial charge in [0.05, 0.1) is 6.04 Å². The van der Waals surface area contributed by atoms with Crippen LogP contribution in [0.15, 0.2) is 0 Å². The van der Waals surface area contributed by atoms with E-state index in [2.05, 4.69) is 5.32 Å². The van der Waals surface area contributed by atoms with Crippen LogP contribution in [0.1, 0.15) is 0 Å². The maximum Gasteiger partial charge on any atom is 0.138 e. The minimum atomic E-state index is 0.204. The van der Waals surface area contributed by atoms with E-state index in [9.17, 15) is 4.79 Å². The molecule has 1 atom stereocenters. The molecule has 0 amide bonds. The Morgan fingerprint density at radius 2 is 2.60 bits per heavy atom. The molecule has 0 aromatic heterocycles. The summed E-state index contributed by atoms with van der Waals surface area (Å²) in [5, 5.41) is 2.82. The van der Waals surface area contributed by atoms with Gasteiger partial charge in [0.25, 0.3) is 0 Å². The van der Waals surface area contributed by atoms with Crippen molar-refractivity contribution in [2.75, 3.05) is 6.54 Å². The first kappa shape index (κ1) is 2.85. The molecule has 0 bridgehead atoms. The van der Waals surface area contributed by atoms with Crippen LogP contribution >= 0.6 is 0 Å². The summed E-state index contributed by atoms with van der Waals surface area (Å²) in [5.41, 5.74) is 0. The summed E-state index contributed by atoms with van der Waals surface area (Å²) < 4.78 is 0. The number of hydrogen-bond donors (Lipinski definition) is 1. The van der Waals surface area contributed by atoms with Crippen LogP contribution < -0.4 is 5.32 Å². The highest BCUT2D eigenvalue weighted by atomic mass is 16.1. The molecule has 1 unspecified atom stereocenters. The minimum absolute atomic E-state index is 0.204. The smallest absolute Gasteiger partial charge is 0.138 e. The number of carbonyl (C=O) groups excluding carboxylic acids is 1. The molecule has 1 rings (SSSR count). The van der Waals surface area contributed by atoms with Crippen LogP contribution in [0.3, 0.4) is 0 Å². The first-order chi connectivity index (χ1) is 2.43. The number of carbonyl (C=O) groups is 1. The number of nitrogens with one attached hydrogen (secondary N) is 1. The Bertz CT molecular complexity index is 48.9. The van der Waals surface area contributed by atoms with Crippen molar-refractivity contribution in [2.45, 2.75) is 6.04 Å². The van der Waals surface area contributed by atoms with Crippen molar-refractivity contribution < 1.29 is 4.79 Å². The summed E-state index contributed by atoms with van der Waals surface area (Å²) >= 11 is 0. The fourth-order valence-corrected chi connectivity index (χ4v) is 0.164. The summed E-state index contributed by atoms with van der Waals surface area (Å²) in [6.45, 7) is 0.892. The maximum absolute atomic E-state index is 9.50. The molecule has 1 aliphatic rings. The van der Waals surface area contributed by atoms with Crippen molar-refractivity contribution in [3.8, 4) is 0 Å². The minimum Gasteiger partial charge on any atom is -0.305 e. The predicted octanol–water partition coefficient (Wildman–Crippen LogP) is -0.843. The highest BCUT2D eigenvalue weighted by molar-refractivity contribution is 5.61. The lowest BCUT2D eigenvalue weighted by Crippen LogP contribution is -1.86. The Hall–Kier alpha value is -0.370. The van der Waals surface area contributed by atoms with Crippen molar-refractivity contribution in [1.82, 2.24) is 5.32 Å². The largest absolute Gasteiger partial charge is 0.305 e. The van der Waals surface area contributed by atoms with E-state index in [1.807, 2.05) is 0 Å². The van der Waals surface area contributed by atoms with Crippen molar-refractivity contribution in [3.05, 3.63) is 0 Å².